The Morgan fingerprint density at radius 2 is 0.974 bits per heavy atom. The molecule has 4 aromatic rings. The summed E-state index contributed by atoms with van der Waals surface area (Å²) >= 11 is 0. The molecular formula is C34H38BrO3P. The number of unbranched alkanes of at least 4 members (excludes halogenated alkanes) is 6. The number of carbonyl (C=O) groups excluding carboxylic acids is 1. The molecule has 0 atom stereocenters. The lowest BCUT2D eigenvalue weighted by Crippen LogP contribution is -3.00. The molecule has 0 heterocycles. The zero-order valence-corrected chi connectivity index (χ0v) is 24.9. The normalized spacial score (nSPS) is 11.0. The van der Waals surface area contributed by atoms with Crippen LogP contribution in [0.5, 0.6) is 5.75 Å². The third-order valence-electron chi connectivity index (χ3n) is 7.09. The molecule has 0 saturated carbocycles. The van der Waals surface area contributed by atoms with Crippen LogP contribution in [0.25, 0.3) is 0 Å². The molecule has 39 heavy (non-hydrogen) atoms. The number of hydrogen-bond donors (Lipinski definition) is 1. The van der Waals surface area contributed by atoms with Crippen LogP contribution >= 0.6 is 7.26 Å². The molecule has 1 N–H and O–H groups in total. The lowest BCUT2D eigenvalue weighted by molar-refractivity contribution is -0.0000278. The van der Waals surface area contributed by atoms with Gasteiger partial charge in [-0.3, -0.25) is 0 Å². The van der Waals surface area contributed by atoms with Crippen LogP contribution in [-0.4, -0.2) is 23.8 Å². The molecule has 5 heteroatoms. The summed E-state index contributed by atoms with van der Waals surface area (Å²) in [5.41, 5.74) is 0.230. The Balaban J connectivity index is 0.00000420. The maximum absolute atomic E-state index is 12.1. The minimum atomic E-state index is -1.73. The van der Waals surface area contributed by atoms with Crippen molar-refractivity contribution in [1.29, 1.82) is 0 Å². The Morgan fingerprint density at radius 1 is 0.564 bits per heavy atom. The number of rotatable bonds is 14. The van der Waals surface area contributed by atoms with Crippen LogP contribution < -0.4 is 32.9 Å². The van der Waals surface area contributed by atoms with E-state index in [9.17, 15) is 9.90 Å². The van der Waals surface area contributed by atoms with Crippen molar-refractivity contribution in [2.24, 2.45) is 0 Å². The number of benzene rings is 4. The third-order valence-corrected chi connectivity index (χ3v) is 11.6. The summed E-state index contributed by atoms with van der Waals surface area (Å²) in [6.07, 6.45) is 9.04. The molecular weight excluding hydrogens is 567 g/mol. The second kappa shape index (κ2) is 16.2. The van der Waals surface area contributed by atoms with Gasteiger partial charge in [0.05, 0.1) is 12.8 Å². The molecule has 0 aromatic heterocycles. The number of halogens is 1. The van der Waals surface area contributed by atoms with Gasteiger partial charge in [-0.1, -0.05) is 92.4 Å². The van der Waals surface area contributed by atoms with Crippen molar-refractivity contribution >= 4 is 29.1 Å². The average molecular weight is 606 g/mol. The summed E-state index contributed by atoms with van der Waals surface area (Å²) < 4.78 is 5.32. The Hall–Kier alpha value is -2.94. The van der Waals surface area contributed by atoms with Crippen molar-refractivity contribution in [1.82, 2.24) is 0 Å². The first-order chi connectivity index (χ1) is 18.7. The molecule has 0 aliphatic heterocycles. The van der Waals surface area contributed by atoms with Gasteiger partial charge in [0.2, 0.25) is 0 Å². The number of aromatic hydroxyl groups is 1. The van der Waals surface area contributed by atoms with Gasteiger partial charge in [0.15, 0.2) is 0 Å². The van der Waals surface area contributed by atoms with Crippen molar-refractivity contribution in [2.45, 2.75) is 44.9 Å². The van der Waals surface area contributed by atoms with E-state index >= 15 is 0 Å². The summed E-state index contributed by atoms with van der Waals surface area (Å²) in [5.74, 6) is -0.485. The molecule has 0 aliphatic carbocycles. The number of phenols is 1. The summed E-state index contributed by atoms with van der Waals surface area (Å²) in [6, 6.07) is 39.8. The van der Waals surface area contributed by atoms with Crippen molar-refractivity contribution < 1.29 is 31.6 Å². The first kappa shape index (κ1) is 30.6. The van der Waals surface area contributed by atoms with Crippen molar-refractivity contribution in [2.75, 3.05) is 12.8 Å². The summed E-state index contributed by atoms with van der Waals surface area (Å²) in [7, 11) is -1.73. The van der Waals surface area contributed by atoms with E-state index in [0.29, 0.717) is 6.61 Å². The zero-order valence-electron chi connectivity index (χ0n) is 22.4. The van der Waals surface area contributed by atoms with E-state index in [0.717, 1.165) is 19.3 Å². The molecule has 4 aromatic carbocycles. The largest absolute Gasteiger partial charge is 1.00 e. The standard InChI is InChI=1S/C34H37O3P.BrH/c35-33-26-16-15-25-32(33)34(36)37-27-17-4-2-1-3-5-18-28-38(29-19-9-6-10-20-29,30-21-11-7-12-22-30)31-23-13-8-14-24-31;/h6-16,19-26H,1-5,17-18,27-28H2;1H. The fraction of sp³-hybridized carbons (Fsp3) is 0.265. The van der Waals surface area contributed by atoms with Crippen molar-refractivity contribution in [3.63, 3.8) is 0 Å². The third kappa shape index (κ3) is 8.27. The number of ether oxygens (including phenoxy) is 1. The van der Waals surface area contributed by atoms with Crippen LogP contribution in [0.2, 0.25) is 0 Å². The van der Waals surface area contributed by atoms with Gasteiger partial charge in [-0.25, -0.2) is 4.79 Å². The highest BCUT2D eigenvalue weighted by atomic mass is 79.9. The molecule has 0 radical (unpaired) electrons. The number of esters is 1. The summed E-state index contributed by atoms with van der Waals surface area (Å²) in [6.45, 7) is 0.394. The van der Waals surface area contributed by atoms with Gasteiger partial charge < -0.3 is 26.8 Å². The maximum atomic E-state index is 12.1. The van der Waals surface area contributed by atoms with Gasteiger partial charge in [-0.15, -0.1) is 0 Å². The molecule has 204 valence electrons. The van der Waals surface area contributed by atoms with Crippen molar-refractivity contribution in [3.8, 4) is 5.75 Å². The highest BCUT2D eigenvalue weighted by molar-refractivity contribution is 7.95. The second-order valence-corrected chi connectivity index (χ2v) is 13.3. The Labute approximate surface area is 244 Å². The van der Waals surface area contributed by atoms with Crippen molar-refractivity contribution in [3.05, 3.63) is 121 Å². The molecule has 0 aliphatic rings. The highest BCUT2D eigenvalue weighted by Gasteiger charge is 2.44. The predicted octanol–water partition coefficient (Wildman–Crippen LogP) is 4.28. The van der Waals surface area contributed by atoms with Gasteiger partial charge in [-0.05, 0) is 67.8 Å². The van der Waals surface area contributed by atoms with Crippen LogP contribution in [0.1, 0.15) is 55.3 Å². The van der Waals surface area contributed by atoms with Crippen LogP contribution in [0.3, 0.4) is 0 Å². The van der Waals surface area contributed by atoms with E-state index in [1.165, 1.54) is 53.8 Å². The monoisotopic (exact) mass is 604 g/mol. The first-order valence-electron chi connectivity index (χ1n) is 13.7. The number of carbonyl (C=O) groups is 1. The summed E-state index contributed by atoms with van der Waals surface area (Å²) in [4.78, 5) is 12.1. The average Bonchev–Trinajstić information content (AvgIpc) is 2.97. The Bertz CT molecular complexity index is 1150. The van der Waals surface area contributed by atoms with E-state index in [2.05, 4.69) is 91.0 Å². The van der Waals surface area contributed by atoms with Gasteiger partial charge >= 0.3 is 5.97 Å². The van der Waals surface area contributed by atoms with Gasteiger partial charge in [0, 0.05) is 0 Å². The molecule has 0 fully saturated rings. The maximum Gasteiger partial charge on any atom is 0.341 e. The highest BCUT2D eigenvalue weighted by Crippen LogP contribution is 2.56. The van der Waals surface area contributed by atoms with Gasteiger partial charge in [-0.2, -0.15) is 0 Å². The number of phenolic OH excluding ortho intramolecular Hbond substituents is 1. The Morgan fingerprint density at radius 3 is 1.46 bits per heavy atom. The molecule has 4 rings (SSSR count). The van der Waals surface area contributed by atoms with E-state index in [1.807, 2.05) is 0 Å². The van der Waals surface area contributed by atoms with Crippen LogP contribution in [0.15, 0.2) is 115 Å². The molecule has 0 saturated heterocycles. The molecule has 3 nitrogen and oxygen atoms in total. The molecule has 0 unspecified atom stereocenters. The topological polar surface area (TPSA) is 46.5 Å². The van der Waals surface area contributed by atoms with Gasteiger partial charge in [0.25, 0.3) is 0 Å². The number of hydrogen-bond acceptors (Lipinski definition) is 3. The predicted molar refractivity (Wildman–Crippen MR) is 161 cm³/mol. The minimum Gasteiger partial charge on any atom is -1.00 e. The fourth-order valence-corrected chi connectivity index (χ4v) is 9.52. The fourth-order valence-electron chi connectivity index (χ4n) is 5.11. The quantitative estimate of drug-likeness (QED) is 0.133. The van der Waals surface area contributed by atoms with Crippen LogP contribution in [0, 0.1) is 0 Å². The first-order valence-corrected chi connectivity index (χ1v) is 15.7. The lowest BCUT2D eigenvalue weighted by Gasteiger charge is -2.27. The van der Waals surface area contributed by atoms with Crippen LogP contribution in [-0.2, 0) is 4.74 Å². The molecule has 0 bridgehead atoms. The van der Waals surface area contributed by atoms with Gasteiger partial charge in [0.1, 0.15) is 34.5 Å². The Kier molecular flexibility index (Phi) is 12.7. The van der Waals surface area contributed by atoms with Crippen LogP contribution in [0.4, 0.5) is 0 Å². The van der Waals surface area contributed by atoms with E-state index < -0.39 is 13.2 Å². The summed E-state index contributed by atoms with van der Waals surface area (Å²) in [5, 5.41) is 14.1. The lowest BCUT2D eigenvalue weighted by atomic mass is 10.1. The van der Waals surface area contributed by atoms with E-state index in [-0.39, 0.29) is 28.3 Å². The zero-order chi connectivity index (χ0) is 26.5. The smallest absolute Gasteiger partial charge is 0.341 e. The second-order valence-electron chi connectivity index (χ2n) is 9.67. The minimum absolute atomic E-state index is 0. The number of para-hydroxylation sites is 1. The van der Waals surface area contributed by atoms with E-state index in [4.69, 9.17) is 4.74 Å². The molecule has 0 amide bonds. The molecule has 0 spiro atoms. The van der Waals surface area contributed by atoms with E-state index in [1.54, 1.807) is 18.2 Å². The SMILES string of the molecule is O=C(OCCCCCCCCC[P+](c1ccccc1)(c1ccccc1)c1ccccc1)c1ccccc1O.[Br-].